The van der Waals surface area contributed by atoms with Crippen molar-refractivity contribution in [2.24, 2.45) is 0 Å². The van der Waals surface area contributed by atoms with Crippen LogP contribution in [0.1, 0.15) is 17.0 Å². The van der Waals surface area contributed by atoms with Crippen molar-refractivity contribution in [1.29, 1.82) is 0 Å². The summed E-state index contributed by atoms with van der Waals surface area (Å²) < 4.78 is 45.8. The van der Waals surface area contributed by atoms with E-state index >= 15 is 0 Å². The average molecular weight is 390 g/mol. The van der Waals surface area contributed by atoms with Gasteiger partial charge in [-0.1, -0.05) is 23.4 Å². The summed E-state index contributed by atoms with van der Waals surface area (Å²) in [6.45, 7) is 3.61. The molecule has 0 atom stereocenters. The number of sulfonamides is 1. The topological polar surface area (TPSA) is 97.1 Å². The number of hydrogen-bond donors (Lipinski definition) is 2. The van der Waals surface area contributed by atoms with Crippen molar-refractivity contribution >= 4 is 21.5 Å². The van der Waals surface area contributed by atoms with Gasteiger partial charge in [0.05, 0.1) is 11.9 Å². The predicted octanol–water partition coefficient (Wildman–Crippen LogP) is 3.28. The zero-order valence-electron chi connectivity index (χ0n) is 14.9. The fourth-order valence-corrected chi connectivity index (χ4v) is 3.99. The van der Waals surface area contributed by atoms with Crippen LogP contribution in [0.5, 0.6) is 0 Å². The van der Waals surface area contributed by atoms with E-state index in [9.17, 15) is 12.8 Å². The lowest BCUT2D eigenvalue weighted by atomic mass is 10.1. The maximum absolute atomic E-state index is 13.6. The third kappa shape index (κ3) is 4.43. The average Bonchev–Trinajstić information content (AvgIpc) is 2.97. The van der Waals surface area contributed by atoms with Crippen molar-refractivity contribution in [3.05, 3.63) is 65.4 Å². The number of hydrogen-bond acceptors (Lipinski definition) is 6. The molecule has 3 aromatic rings. The van der Waals surface area contributed by atoms with Crippen molar-refractivity contribution in [2.45, 2.75) is 25.2 Å². The standard InChI is InChI=1S/C18H19FN4O3S/c1-12-18(13(2)26-22-12)27(24,25)23-17-8-7-15(11-21-17)20-10-9-14-5-3-4-6-16(14)19/h3-8,11,20H,9-10H2,1-2H3,(H,21,23). The number of benzene rings is 1. The third-order valence-corrected chi connectivity index (χ3v) is 5.52. The minimum absolute atomic E-state index is 0.0105. The fraction of sp³-hybridized carbons (Fsp3) is 0.222. The van der Waals surface area contributed by atoms with Crippen LogP contribution in [-0.2, 0) is 16.4 Å². The van der Waals surface area contributed by atoms with Crippen molar-refractivity contribution in [3.8, 4) is 0 Å². The van der Waals surface area contributed by atoms with Gasteiger partial charge in [-0.15, -0.1) is 0 Å². The molecular formula is C18H19FN4O3S. The zero-order chi connectivity index (χ0) is 19.4. The predicted molar refractivity (Wildman–Crippen MR) is 99.6 cm³/mol. The molecule has 0 aliphatic rings. The third-order valence-electron chi connectivity index (χ3n) is 3.92. The van der Waals surface area contributed by atoms with Crippen molar-refractivity contribution < 1.29 is 17.3 Å². The molecule has 3 rings (SSSR count). The van der Waals surface area contributed by atoms with Gasteiger partial charge in [-0.2, -0.15) is 0 Å². The minimum Gasteiger partial charge on any atom is -0.383 e. The van der Waals surface area contributed by atoms with E-state index < -0.39 is 10.0 Å². The Hall–Kier alpha value is -2.94. The first-order chi connectivity index (χ1) is 12.9. The van der Waals surface area contributed by atoms with Crippen LogP contribution in [0.15, 0.2) is 52.0 Å². The SMILES string of the molecule is Cc1noc(C)c1S(=O)(=O)Nc1ccc(NCCc2ccccc2F)cn1. The number of aryl methyl sites for hydroxylation is 2. The van der Waals surface area contributed by atoms with Crippen molar-refractivity contribution in [1.82, 2.24) is 10.1 Å². The molecule has 0 fully saturated rings. The largest absolute Gasteiger partial charge is 0.383 e. The van der Waals surface area contributed by atoms with Crippen LogP contribution < -0.4 is 10.0 Å². The van der Waals surface area contributed by atoms with Gasteiger partial charge in [0.25, 0.3) is 10.0 Å². The van der Waals surface area contributed by atoms with E-state index in [0.717, 1.165) is 0 Å². The van der Waals surface area contributed by atoms with Gasteiger partial charge in [-0.05, 0) is 44.0 Å². The molecule has 0 amide bonds. The van der Waals surface area contributed by atoms with E-state index in [1.165, 1.54) is 19.2 Å². The highest BCUT2D eigenvalue weighted by atomic mass is 32.2. The Bertz CT molecular complexity index is 1010. The molecule has 0 spiro atoms. The molecule has 2 heterocycles. The van der Waals surface area contributed by atoms with Crippen LogP contribution in [0.25, 0.3) is 0 Å². The van der Waals surface area contributed by atoms with Gasteiger partial charge in [0, 0.05) is 6.54 Å². The highest BCUT2D eigenvalue weighted by Crippen LogP contribution is 2.22. The van der Waals surface area contributed by atoms with Crippen LogP contribution in [-0.4, -0.2) is 25.1 Å². The van der Waals surface area contributed by atoms with E-state index in [2.05, 4.69) is 20.2 Å². The zero-order valence-corrected chi connectivity index (χ0v) is 15.7. The van der Waals surface area contributed by atoms with E-state index in [-0.39, 0.29) is 28.0 Å². The number of nitrogens with one attached hydrogen (secondary N) is 2. The monoisotopic (exact) mass is 390 g/mol. The molecule has 7 nitrogen and oxygen atoms in total. The summed E-state index contributed by atoms with van der Waals surface area (Å²) in [6, 6.07) is 9.84. The minimum atomic E-state index is -3.83. The summed E-state index contributed by atoms with van der Waals surface area (Å²) in [6.07, 6.45) is 2.03. The van der Waals surface area contributed by atoms with E-state index in [1.54, 1.807) is 37.3 Å². The maximum atomic E-state index is 13.6. The van der Waals surface area contributed by atoms with Gasteiger partial charge >= 0.3 is 0 Å². The lowest BCUT2D eigenvalue weighted by molar-refractivity contribution is 0.390. The number of nitrogens with zero attached hydrogens (tertiary/aromatic N) is 2. The second-order valence-electron chi connectivity index (χ2n) is 5.96. The van der Waals surface area contributed by atoms with Crippen molar-refractivity contribution in [2.75, 3.05) is 16.6 Å². The van der Waals surface area contributed by atoms with Gasteiger partial charge in [-0.3, -0.25) is 4.72 Å². The van der Waals surface area contributed by atoms with Gasteiger partial charge in [0.2, 0.25) is 0 Å². The summed E-state index contributed by atoms with van der Waals surface area (Å²) in [5.41, 5.74) is 1.61. The summed E-state index contributed by atoms with van der Waals surface area (Å²) in [5, 5.41) is 6.78. The smallest absolute Gasteiger partial charge is 0.268 e. The highest BCUT2D eigenvalue weighted by Gasteiger charge is 2.24. The molecule has 0 unspecified atom stereocenters. The molecule has 0 saturated heterocycles. The fourth-order valence-electron chi connectivity index (χ4n) is 2.65. The summed E-state index contributed by atoms with van der Waals surface area (Å²) in [7, 11) is -3.83. The number of halogens is 1. The first-order valence-electron chi connectivity index (χ1n) is 8.26. The van der Waals surface area contributed by atoms with Crippen LogP contribution in [0.2, 0.25) is 0 Å². The molecule has 2 aromatic heterocycles. The van der Waals surface area contributed by atoms with Gasteiger partial charge in [-0.25, -0.2) is 17.8 Å². The molecule has 0 aliphatic carbocycles. The van der Waals surface area contributed by atoms with Gasteiger partial charge in [0.15, 0.2) is 10.7 Å². The lowest BCUT2D eigenvalue weighted by Gasteiger charge is -2.09. The molecule has 0 aliphatic heterocycles. The van der Waals surface area contributed by atoms with Crippen LogP contribution in [0.4, 0.5) is 15.9 Å². The molecule has 0 bridgehead atoms. The summed E-state index contributed by atoms with van der Waals surface area (Å²) >= 11 is 0. The van der Waals surface area contributed by atoms with Crippen LogP contribution >= 0.6 is 0 Å². The van der Waals surface area contributed by atoms with Crippen molar-refractivity contribution in [3.63, 3.8) is 0 Å². The molecule has 0 saturated carbocycles. The van der Waals surface area contributed by atoms with E-state index in [0.29, 0.717) is 24.2 Å². The van der Waals surface area contributed by atoms with Gasteiger partial charge in [0.1, 0.15) is 17.3 Å². The second-order valence-corrected chi connectivity index (χ2v) is 7.58. The molecule has 2 N–H and O–H groups in total. The lowest BCUT2D eigenvalue weighted by Crippen LogP contribution is -2.15. The van der Waals surface area contributed by atoms with Crippen LogP contribution in [0.3, 0.4) is 0 Å². The molecule has 27 heavy (non-hydrogen) atoms. The quantitative estimate of drug-likeness (QED) is 0.643. The Morgan fingerprint density at radius 2 is 1.93 bits per heavy atom. The van der Waals surface area contributed by atoms with Gasteiger partial charge < -0.3 is 9.84 Å². The Morgan fingerprint density at radius 3 is 2.56 bits per heavy atom. The molecule has 1 aromatic carbocycles. The Labute approximate surface area is 156 Å². The highest BCUT2D eigenvalue weighted by molar-refractivity contribution is 7.92. The first kappa shape index (κ1) is 18.8. The first-order valence-corrected chi connectivity index (χ1v) is 9.74. The molecular weight excluding hydrogens is 371 g/mol. The number of pyridine rings is 1. The van der Waals surface area contributed by atoms with Crippen LogP contribution in [0, 0.1) is 19.7 Å². The molecule has 0 radical (unpaired) electrons. The number of rotatable bonds is 7. The summed E-state index contributed by atoms with van der Waals surface area (Å²) in [4.78, 5) is 4.11. The number of aromatic nitrogens is 2. The Kier molecular flexibility index (Phi) is 5.41. The summed E-state index contributed by atoms with van der Waals surface area (Å²) in [5.74, 6) is 0.155. The number of anilines is 2. The van der Waals surface area contributed by atoms with E-state index in [4.69, 9.17) is 4.52 Å². The Morgan fingerprint density at radius 1 is 1.15 bits per heavy atom. The normalized spacial score (nSPS) is 11.4. The second kappa shape index (κ2) is 7.75. The molecule has 9 heteroatoms. The molecule has 142 valence electrons. The maximum Gasteiger partial charge on any atom is 0.268 e. The van der Waals surface area contributed by atoms with E-state index in [1.807, 2.05) is 0 Å². The Balaban J connectivity index is 1.61.